The smallest absolute Gasteiger partial charge is 0.240 e. The van der Waals surface area contributed by atoms with Crippen LogP contribution in [0.5, 0.6) is 5.75 Å². The molecule has 0 bridgehead atoms. The topological polar surface area (TPSA) is 85.4 Å². The molecule has 2 aromatic rings. The number of hydrogen-bond acceptors (Lipinski definition) is 7. The van der Waals surface area contributed by atoms with Crippen LogP contribution in [0.1, 0.15) is 10.6 Å². The average Bonchev–Trinajstić information content (AvgIpc) is 2.98. The zero-order valence-electron chi connectivity index (χ0n) is 13.2. The van der Waals surface area contributed by atoms with Gasteiger partial charge in [0.25, 0.3) is 0 Å². The van der Waals surface area contributed by atoms with Crippen molar-refractivity contribution in [3.8, 4) is 5.75 Å². The molecule has 0 atom stereocenters. The third-order valence-corrected chi connectivity index (χ3v) is 3.81. The number of carbonyl (C=O) groups excluding carboxylic acids is 1. The van der Waals surface area contributed by atoms with Gasteiger partial charge in [-0.3, -0.25) is 10.1 Å². The molecule has 0 saturated carbocycles. The van der Waals surface area contributed by atoms with Crippen LogP contribution >= 0.6 is 11.3 Å². The molecule has 0 aliphatic carbocycles. The maximum atomic E-state index is 11.7. The molecule has 8 heteroatoms. The van der Waals surface area contributed by atoms with Crippen LogP contribution in [0.3, 0.4) is 0 Å². The van der Waals surface area contributed by atoms with Crippen molar-refractivity contribution in [2.24, 2.45) is 0 Å². The number of methoxy groups -OCH3 is 2. The SMILES string of the molecule is COCCNCC(=O)Nc1nnc(Cc2cccc(OC)c2)s1. The van der Waals surface area contributed by atoms with Gasteiger partial charge >= 0.3 is 0 Å². The van der Waals surface area contributed by atoms with Crippen molar-refractivity contribution in [1.82, 2.24) is 15.5 Å². The summed E-state index contributed by atoms with van der Waals surface area (Å²) in [5.41, 5.74) is 1.08. The molecule has 0 fully saturated rings. The predicted octanol–water partition coefficient (Wildman–Crippen LogP) is 1.31. The minimum atomic E-state index is -0.148. The lowest BCUT2D eigenvalue weighted by atomic mass is 10.1. The molecule has 2 N–H and O–H groups in total. The van der Waals surface area contributed by atoms with Crippen LogP contribution in [-0.4, -0.2) is 50.0 Å². The van der Waals surface area contributed by atoms with Gasteiger partial charge in [0.2, 0.25) is 11.0 Å². The first kappa shape index (κ1) is 17.3. The number of aromatic nitrogens is 2. The standard InChI is InChI=1S/C15H20N4O3S/c1-21-7-6-16-10-13(20)17-15-19-18-14(23-15)9-11-4-3-5-12(8-11)22-2/h3-5,8,16H,6-7,9-10H2,1-2H3,(H,17,19,20). The Bertz CT molecular complexity index is 633. The van der Waals surface area contributed by atoms with E-state index in [9.17, 15) is 4.79 Å². The van der Waals surface area contributed by atoms with Crippen molar-refractivity contribution < 1.29 is 14.3 Å². The Hall–Kier alpha value is -2.03. The summed E-state index contributed by atoms with van der Waals surface area (Å²) < 4.78 is 10.1. The molecular formula is C15H20N4O3S. The van der Waals surface area contributed by atoms with Crippen molar-refractivity contribution >= 4 is 22.4 Å². The fraction of sp³-hybridized carbons (Fsp3) is 0.400. The molecule has 1 amide bonds. The zero-order chi connectivity index (χ0) is 16.5. The summed E-state index contributed by atoms with van der Waals surface area (Å²) in [5, 5.41) is 15.1. The highest BCUT2D eigenvalue weighted by Crippen LogP contribution is 2.20. The van der Waals surface area contributed by atoms with Gasteiger partial charge in [-0.2, -0.15) is 0 Å². The van der Waals surface area contributed by atoms with Gasteiger partial charge in [-0.1, -0.05) is 23.5 Å². The van der Waals surface area contributed by atoms with E-state index < -0.39 is 0 Å². The van der Waals surface area contributed by atoms with Crippen LogP contribution < -0.4 is 15.4 Å². The van der Waals surface area contributed by atoms with Gasteiger partial charge in [-0.25, -0.2) is 0 Å². The summed E-state index contributed by atoms with van der Waals surface area (Å²) in [5.74, 6) is 0.660. The highest BCUT2D eigenvalue weighted by atomic mass is 32.1. The van der Waals surface area contributed by atoms with Gasteiger partial charge in [0, 0.05) is 20.1 Å². The number of anilines is 1. The fourth-order valence-electron chi connectivity index (χ4n) is 1.87. The van der Waals surface area contributed by atoms with Crippen LogP contribution in [0.4, 0.5) is 5.13 Å². The van der Waals surface area contributed by atoms with E-state index in [0.29, 0.717) is 24.7 Å². The quantitative estimate of drug-likeness (QED) is 0.672. The fourth-order valence-corrected chi connectivity index (χ4v) is 2.66. The van der Waals surface area contributed by atoms with E-state index in [1.807, 2.05) is 24.3 Å². The van der Waals surface area contributed by atoms with Crippen molar-refractivity contribution in [1.29, 1.82) is 0 Å². The molecule has 0 spiro atoms. The summed E-state index contributed by atoms with van der Waals surface area (Å²) in [4.78, 5) is 11.7. The first-order chi connectivity index (χ1) is 11.2. The number of rotatable bonds is 9. The van der Waals surface area contributed by atoms with E-state index in [2.05, 4.69) is 20.8 Å². The second-order valence-electron chi connectivity index (χ2n) is 4.75. The largest absolute Gasteiger partial charge is 0.497 e. The molecule has 1 heterocycles. The van der Waals surface area contributed by atoms with Crippen LogP contribution in [0.25, 0.3) is 0 Å². The van der Waals surface area contributed by atoms with Gasteiger partial charge in [0.1, 0.15) is 10.8 Å². The lowest BCUT2D eigenvalue weighted by Crippen LogP contribution is -2.30. The Morgan fingerprint density at radius 2 is 2.17 bits per heavy atom. The summed E-state index contributed by atoms with van der Waals surface area (Å²) >= 11 is 1.37. The number of ether oxygens (including phenoxy) is 2. The van der Waals surface area contributed by atoms with Crippen molar-refractivity contribution in [3.05, 3.63) is 34.8 Å². The minimum absolute atomic E-state index is 0.148. The summed E-state index contributed by atoms with van der Waals surface area (Å²) in [6.07, 6.45) is 0.650. The molecule has 1 aromatic carbocycles. The van der Waals surface area contributed by atoms with Crippen molar-refractivity contribution in [3.63, 3.8) is 0 Å². The number of amides is 1. The number of nitrogens with one attached hydrogen (secondary N) is 2. The molecule has 0 saturated heterocycles. The van der Waals surface area contributed by atoms with E-state index in [0.717, 1.165) is 16.3 Å². The summed E-state index contributed by atoms with van der Waals surface area (Å²) in [6.45, 7) is 1.41. The average molecular weight is 336 g/mol. The number of carbonyl (C=O) groups is 1. The monoisotopic (exact) mass is 336 g/mol. The van der Waals surface area contributed by atoms with E-state index >= 15 is 0 Å². The Balaban J connectivity index is 1.84. The maximum Gasteiger partial charge on any atom is 0.240 e. The van der Waals surface area contributed by atoms with Gasteiger partial charge in [-0.05, 0) is 17.7 Å². The second kappa shape index (κ2) is 9.19. The predicted molar refractivity (Wildman–Crippen MR) is 89.1 cm³/mol. The van der Waals surface area contributed by atoms with Crippen LogP contribution in [0.15, 0.2) is 24.3 Å². The van der Waals surface area contributed by atoms with E-state index in [1.54, 1.807) is 14.2 Å². The second-order valence-corrected chi connectivity index (χ2v) is 5.81. The summed E-state index contributed by atoms with van der Waals surface area (Å²) in [6, 6.07) is 7.79. The van der Waals surface area contributed by atoms with E-state index in [1.165, 1.54) is 11.3 Å². The van der Waals surface area contributed by atoms with Gasteiger partial charge < -0.3 is 14.8 Å². The molecule has 1 aromatic heterocycles. The van der Waals surface area contributed by atoms with Crippen LogP contribution in [-0.2, 0) is 16.0 Å². The Morgan fingerprint density at radius 3 is 2.96 bits per heavy atom. The van der Waals surface area contributed by atoms with Crippen LogP contribution in [0.2, 0.25) is 0 Å². The molecule has 23 heavy (non-hydrogen) atoms. The molecule has 0 unspecified atom stereocenters. The minimum Gasteiger partial charge on any atom is -0.497 e. The maximum absolute atomic E-state index is 11.7. The number of benzene rings is 1. The molecule has 2 rings (SSSR count). The highest BCUT2D eigenvalue weighted by Gasteiger charge is 2.09. The molecule has 0 radical (unpaired) electrons. The normalized spacial score (nSPS) is 10.5. The molecular weight excluding hydrogens is 316 g/mol. The Kier molecular flexibility index (Phi) is 6.92. The lowest BCUT2D eigenvalue weighted by molar-refractivity contribution is -0.115. The summed E-state index contributed by atoms with van der Waals surface area (Å²) in [7, 11) is 3.26. The zero-order valence-corrected chi connectivity index (χ0v) is 14.0. The molecule has 0 aliphatic rings. The first-order valence-electron chi connectivity index (χ1n) is 7.16. The number of nitrogens with zero attached hydrogens (tertiary/aromatic N) is 2. The van der Waals surface area contributed by atoms with Crippen LogP contribution in [0, 0.1) is 0 Å². The van der Waals surface area contributed by atoms with Crippen molar-refractivity contribution in [2.75, 3.05) is 39.2 Å². The molecule has 7 nitrogen and oxygen atoms in total. The Labute approximate surface area is 139 Å². The lowest BCUT2D eigenvalue weighted by Gasteiger charge is -2.03. The van der Waals surface area contributed by atoms with Crippen molar-refractivity contribution in [2.45, 2.75) is 6.42 Å². The van der Waals surface area contributed by atoms with Gasteiger partial charge in [0.15, 0.2) is 0 Å². The number of hydrogen-bond donors (Lipinski definition) is 2. The molecule has 0 aliphatic heterocycles. The van der Waals surface area contributed by atoms with E-state index in [4.69, 9.17) is 9.47 Å². The third kappa shape index (κ3) is 5.93. The first-order valence-corrected chi connectivity index (χ1v) is 7.97. The van der Waals surface area contributed by atoms with E-state index in [-0.39, 0.29) is 12.5 Å². The van der Waals surface area contributed by atoms with Gasteiger partial charge in [0.05, 0.1) is 20.3 Å². The third-order valence-electron chi connectivity index (χ3n) is 2.97. The van der Waals surface area contributed by atoms with Gasteiger partial charge in [-0.15, -0.1) is 10.2 Å². The molecule has 124 valence electrons. The highest BCUT2D eigenvalue weighted by molar-refractivity contribution is 7.15. The Morgan fingerprint density at radius 1 is 1.30 bits per heavy atom.